The van der Waals surface area contributed by atoms with Gasteiger partial charge in [-0.25, -0.2) is 9.97 Å². The molecule has 1 amide bonds. The van der Waals surface area contributed by atoms with Gasteiger partial charge in [-0.1, -0.05) is 0 Å². The van der Waals surface area contributed by atoms with Gasteiger partial charge in [0.1, 0.15) is 0 Å². The van der Waals surface area contributed by atoms with Gasteiger partial charge in [0.15, 0.2) is 0 Å². The molecule has 0 bridgehead atoms. The quantitative estimate of drug-likeness (QED) is 0.725. The highest BCUT2D eigenvalue weighted by Gasteiger charge is 2.07. The number of aromatic amines is 1. The summed E-state index contributed by atoms with van der Waals surface area (Å²) in [7, 11) is 0. The van der Waals surface area contributed by atoms with Crippen molar-refractivity contribution in [2.45, 2.75) is 0 Å². The molecule has 76 valence electrons. The van der Waals surface area contributed by atoms with Gasteiger partial charge in [-0.3, -0.25) is 10.1 Å². The zero-order valence-electron chi connectivity index (χ0n) is 7.57. The van der Waals surface area contributed by atoms with Gasteiger partial charge in [0.25, 0.3) is 5.91 Å². The standard InChI is InChI=1S/C9H7FN4O/c10-7-2-1-6(5-13-7)8(15)14-9-11-3-4-12-9/h1-5H,(H2,11,12,14,15). The van der Waals surface area contributed by atoms with Gasteiger partial charge in [0.05, 0.1) is 5.56 Å². The van der Waals surface area contributed by atoms with E-state index in [1.54, 1.807) is 6.20 Å². The number of nitrogens with zero attached hydrogens (tertiary/aromatic N) is 2. The Morgan fingerprint density at radius 3 is 2.87 bits per heavy atom. The number of H-pyrrole nitrogens is 1. The van der Waals surface area contributed by atoms with Crippen LogP contribution in [-0.2, 0) is 0 Å². The van der Waals surface area contributed by atoms with E-state index in [0.29, 0.717) is 5.95 Å². The summed E-state index contributed by atoms with van der Waals surface area (Å²) in [5.74, 6) is -0.675. The van der Waals surface area contributed by atoms with Crippen molar-refractivity contribution >= 4 is 11.9 Å². The van der Waals surface area contributed by atoms with Crippen LogP contribution in [0, 0.1) is 5.95 Å². The smallest absolute Gasteiger partial charge is 0.259 e. The summed E-state index contributed by atoms with van der Waals surface area (Å²) >= 11 is 0. The van der Waals surface area contributed by atoms with Crippen LogP contribution in [0.3, 0.4) is 0 Å². The molecule has 0 aliphatic carbocycles. The molecule has 0 unspecified atom stereocenters. The third-order valence-electron chi connectivity index (χ3n) is 1.72. The van der Waals surface area contributed by atoms with E-state index in [1.165, 1.54) is 12.3 Å². The van der Waals surface area contributed by atoms with Gasteiger partial charge in [0, 0.05) is 18.6 Å². The lowest BCUT2D eigenvalue weighted by Crippen LogP contribution is -2.13. The zero-order chi connectivity index (χ0) is 10.7. The largest absolute Gasteiger partial charge is 0.331 e. The van der Waals surface area contributed by atoms with Crippen molar-refractivity contribution in [1.82, 2.24) is 15.0 Å². The van der Waals surface area contributed by atoms with Crippen molar-refractivity contribution in [1.29, 1.82) is 0 Å². The fourth-order valence-corrected chi connectivity index (χ4v) is 1.02. The molecule has 15 heavy (non-hydrogen) atoms. The van der Waals surface area contributed by atoms with E-state index in [1.807, 2.05) is 0 Å². The highest BCUT2D eigenvalue weighted by atomic mass is 19.1. The maximum atomic E-state index is 12.5. The molecule has 0 aliphatic rings. The van der Waals surface area contributed by atoms with Gasteiger partial charge >= 0.3 is 0 Å². The molecule has 2 aromatic heterocycles. The van der Waals surface area contributed by atoms with Crippen LogP contribution in [0.2, 0.25) is 0 Å². The summed E-state index contributed by atoms with van der Waals surface area (Å²) in [6.45, 7) is 0. The number of hydrogen-bond acceptors (Lipinski definition) is 3. The SMILES string of the molecule is O=C(Nc1ncc[nH]1)c1ccc(F)nc1. The van der Waals surface area contributed by atoms with Crippen LogP contribution in [0.1, 0.15) is 10.4 Å². The maximum Gasteiger partial charge on any atom is 0.259 e. The lowest BCUT2D eigenvalue weighted by molar-refractivity contribution is 0.102. The van der Waals surface area contributed by atoms with Crippen molar-refractivity contribution in [3.05, 3.63) is 42.2 Å². The number of hydrogen-bond donors (Lipinski definition) is 2. The van der Waals surface area contributed by atoms with Crippen molar-refractivity contribution in [3.8, 4) is 0 Å². The molecule has 0 atom stereocenters. The second kappa shape index (κ2) is 3.87. The summed E-state index contributed by atoms with van der Waals surface area (Å²) in [6, 6.07) is 2.47. The van der Waals surface area contributed by atoms with Crippen LogP contribution in [0.25, 0.3) is 0 Å². The number of anilines is 1. The van der Waals surface area contributed by atoms with Gasteiger partial charge in [-0.15, -0.1) is 0 Å². The molecule has 0 saturated heterocycles. The number of pyridine rings is 1. The Labute approximate surface area is 84.4 Å². The van der Waals surface area contributed by atoms with Crippen LogP contribution in [-0.4, -0.2) is 20.9 Å². The summed E-state index contributed by atoms with van der Waals surface area (Å²) in [5, 5.41) is 2.49. The highest BCUT2D eigenvalue weighted by molar-refractivity contribution is 6.03. The van der Waals surface area contributed by atoms with Gasteiger partial charge in [-0.2, -0.15) is 4.39 Å². The Bertz CT molecular complexity index is 451. The number of rotatable bonds is 2. The van der Waals surface area contributed by atoms with E-state index < -0.39 is 11.9 Å². The minimum absolute atomic E-state index is 0.271. The van der Waals surface area contributed by atoms with E-state index in [-0.39, 0.29) is 5.56 Å². The van der Waals surface area contributed by atoms with Gasteiger partial charge < -0.3 is 4.98 Å². The first-order valence-corrected chi connectivity index (χ1v) is 4.18. The molecule has 0 aliphatic heterocycles. The molecule has 2 aromatic rings. The molecular weight excluding hydrogens is 199 g/mol. The Morgan fingerprint density at radius 2 is 2.27 bits per heavy atom. The number of aromatic nitrogens is 3. The number of carbonyl (C=O) groups is 1. The van der Waals surface area contributed by atoms with E-state index in [0.717, 1.165) is 12.3 Å². The highest BCUT2D eigenvalue weighted by Crippen LogP contribution is 2.03. The first-order valence-electron chi connectivity index (χ1n) is 4.18. The minimum atomic E-state index is -0.621. The molecular formula is C9H7FN4O. The van der Waals surface area contributed by atoms with Crippen LogP contribution < -0.4 is 5.32 Å². The minimum Gasteiger partial charge on any atom is -0.331 e. The van der Waals surface area contributed by atoms with Crippen molar-refractivity contribution in [2.24, 2.45) is 0 Å². The third kappa shape index (κ3) is 2.16. The lowest BCUT2D eigenvalue weighted by atomic mass is 10.3. The molecule has 6 heteroatoms. The fraction of sp³-hybridized carbons (Fsp3) is 0. The molecule has 0 radical (unpaired) electrons. The predicted octanol–water partition coefficient (Wildman–Crippen LogP) is 1.20. The molecule has 0 spiro atoms. The van der Waals surface area contributed by atoms with Crippen LogP contribution in [0.4, 0.5) is 10.3 Å². The van der Waals surface area contributed by atoms with Crippen molar-refractivity contribution in [3.63, 3.8) is 0 Å². The van der Waals surface area contributed by atoms with Gasteiger partial charge in [-0.05, 0) is 12.1 Å². The van der Waals surface area contributed by atoms with Crippen LogP contribution in [0.5, 0.6) is 0 Å². The Kier molecular flexibility index (Phi) is 2.40. The summed E-state index contributed by atoms with van der Waals surface area (Å²) in [5.41, 5.74) is 0.271. The summed E-state index contributed by atoms with van der Waals surface area (Å²) in [4.78, 5) is 21.4. The third-order valence-corrected chi connectivity index (χ3v) is 1.72. The van der Waals surface area contributed by atoms with E-state index in [2.05, 4.69) is 20.3 Å². The first kappa shape index (κ1) is 9.32. The van der Waals surface area contributed by atoms with Crippen LogP contribution in [0.15, 0.2) is 30.7 Å². The predicted molar refractivity (Wildman–Crippen MR) is 50.7 cm³/mol. The number of imidazole rings is 1. The Balaban J connectivity index is 2.11. The summed E-state index contributed by atoms with van der Waals surface area (Å²) < 4.78 is 12.5. The number of carbonyl (C=O) groups excluding carboxylic acids is 1. The van der Waals surface area contributed by atoms with Crippen LogP contribution >= 0.6 is 0 Å². The zero-order valence-corrected chi connectivity index (χ0v) is 7.57. The molecule has 2 rings (SSSR count). The Morgan fingerprint density at radius 1 is 1.40 bits per heavy atom. The second-order valence-electron chi connectivity index (χ2n) is 2.76. The molecule has 2 N–H and O–H groups in total. The van der Waals surface area contributed by atoms with E-state index in [9.17, 15) is 9.18 Å². The monoisotopic (exact) mass is 206 g/mol. The normalized spacial score (nSPS) is 9.93. The van der Waals surface area contributed by atoms with E-state index >= 15 is 0 Å². The number of halogens is 1. The second-order valence-corrected chi connectivity index (χ2v) is 2.76. The maximum absolute atomic E-state index is 12.5. The molecule has 0 fully saturated rings. The van der Waals surface area contributed by atoms with E-state index in [4.69, 9.17) is 0 Å². The fourth-order valence-electron chi connectivity index (χ4n) is 1.02. The summed E-state index contributed by atoms with van der Waals surface area (Å²) in [6.07, 6.45) is 4.25. The van der Waals surface area contributed by atoms with Crippen molar-refractivity contribution < 1.29 is 9.18 Å². The number of amides is 1. The van der Waals surface area contributed by atoms with Gasteiger partial charge in [0.2, 0.25) is 11.9 Å². The van der Waals surface area contributed by atoms with Crippen molar-refractivity contribution in [2.75, 3.05) is 5.32 Å². The average Bonchev–Trinajstić information content (AvgIpc) is 2.71. The molecule has 0 saturated carbocycles. The average molecular weight is 206 g/mol. The lowest BCUT2D eigenvalue weighted by Gasteiger charge is -2.00. The first-order chi connectivity index (χ1) is 7.25. The topological polar surface area (TPSA) is 70.7 Å². The molecule has 2 heterocycles. The number of nitrogens with one attached hydrogen (secondary N) is 2. The molecule has 5 nitrogen and oxygen atoms in total. The molecule has 0 aromatic carbocycles. The Hall–Kier alpha value is -2.24.